The first-order valence-electron chi connectivity index (χ1n) is 38.7. The summed E-state index contributed by atoms with van der Waals surface area (Å²) >= 11 is 0. The Morgan fingerprint density at radius 1 is 0.496 bits per heavy atom. The molecule has 6 aromatic heterocycles. The number of carbonyl (C=O) groups excluding carboxylic acids is 5. The maximum atomic E-state index is 13.8. The van der Waals surface area contributed by atoms with E-state index >= 15 is 0 Å². The van der Waals surface area contributed by atoms with Gasteiger partial charge in [0.15, 0.2) is 52.2 Å². The summed E-state index contributed by atoms with van der Waals surface area (Å²) in [5.41, 5.74) is 2.12. The van der Waals surface area contributed by atoms with Gasteiger partial charge >= 0.3 is 12.2 Å². The lowest BCUT2D eigenvalue weighted by Crippen LogP contribution is -2.46. The molecule has 10 aromatic rings. The maximum absolute atomic E-state index is 13.8. The highest BCUT2D eigenvalue weighted by atomic mass is 16.7. The zero-order valence-electron chi connectivity index (χ0n) is 64.9. The second kappa shape index (κ2) is 29.0. The van der Waals surface area contributed by atoms with Gasteiger partial charge in [-0.3, -0.25) is 53.8 Å². The normalized spacial score (nSPS) is 26.0. The molecule has 18 rings (SSSR count). The van der Waals surface area contributed by atoms with Crippen molar-refractivity contribution in [2.45, 2.75) is 193 Å². The smallest absolute Gasteiger partial charge is 0.425 e. The van der Waals surface area contributed by atoms with Crippen molar-refractivity contribution in [2.24, 2.45) is 35.5 Å². The summed E-state index contributed by atoms with van der Waals surface area (Å²) in [5.74, 6) is -0.682. The van der Waals surface area contributed by atoms with E-state index in [-0.39, 0.29) is 144 Å². The van der Waals surface area contributed by atoms with Crippen LogP contribution in [0, 0.1) is 35.5 Å². The summed E-state index contributed by atoms with van der Waals surface area (Å²) in [6, 6.07) is 36.7. The molecule has 3 unspecified atom stereocenters. The summed E-state index contributed by atoms with van der Waals surface area (Å²) in [6.07, 6.45) is 7.71. The van der Waals surface area contributed by atoms with E-state index in [1.807, 2.05) is 104 Å². The Morgan fingerprint density at radius 3 is 1.21 bits per heavy atom. The second-order valence-electron chi connectivity index (χ2n) is 31.1. The molecule has 4 N–H and O–H groups in total. The van der Waals surface area contributed by atoms with Crippen molar-refractivity contribution < 1.29 is 66.1 Å². The lowest BCUT2D eigenvalue weighted by atomic mass is 9.82. The largest absolute Gasteiger partial charge is 0.487 e. The Kier molecular flexibility index (Phi) is 19.4. The van der Waals surface area contributed by atoms with Gasteiger partial charge in [0.05, 0.1) is 52.9 Å². The highest BCUT2D eigenvalue weighted by molar-refractivity contribution is 6.00. The SMILES string of the molecule is C=C1O[C@H]2C(C)[C@@]1(CC)O[C@H]2n1cnc2c(OC(=O)N(c3ccccc3)c3ccccc3)nc(NC(=O)C(C)C)nc21.CC[C@]12O[C@@H](n3cnc4c(=O)[nH]c(NC(=O)C(C)C)nc43)[C@@H](OC13CC3)C2C.CC[C@]12O[C@@H](n3cnc4c(OC(=O)N(c5ccccc5)c5ccccc5)nc(NC(=O)C(C)C)nc43)[C@@H](OC13CC3)C2C.[HH].[HH].[HH]. The molecule has 2 saturated carbocycles. The Hall–Kier alpha value is -11.4. The topological polar surface area (TPSA) is 353 Å². The average molecular weight is 1540 g/mol. The van der Waals surface area contributed by atoms with E-state index in [1.165, 1.54) is 9.80 Å². The van der Waals surface area contributed by atoms with Gasteiger partial charge in [-0.05, 0) is 93.5 Å². The Morgan fingerprint density at radius 2 is 0.858 bits per heavy atom. The van der Waals surface area contributed by atoms with Crippen molar-refractivity contribution in [3.05, 3.63) is 163 Å². The number of amides is 5. The Labute approximate surface area is 655 Å². The number of aromatic nitrogens is 12. The molecule has 31 heteroatoms. The number of H-pyrrole nitrogens is 1. The highest BCUT2D eigenvalue weighted by Gasteiger charge is 2.77. The number of fused-ring (bicyclic) bond motifs is 11. The van der Waals surface area contributed by atoms with Crippen LogP contribution < -0.4 is 40.8 Å². The lowest BCUT2D eigenvalue weighted by molar-refractivity contribution is -0.223. The minimum atomic E-state index is -0.711. The molecule has 12 heterocycles. The summed E-state index contributed by atoms with van der Waals surface area (Å²) < 4.78 is 56.3. The molecule has 2 aliphatic carbocycles. The second-order valence-corrected chi connectivity index (χ2v) is 31.1. The fourth-order valence-electron chi connectivity index (χ4n) is 17.2. The minimum Gasteiger partial charge on any atom is -0.487 e. The average Bonchev–Trinajstić information content (AvgIpc) is 1.51. The predicted octanol–water partition coefficient (Wildman–Crippen LogP) is 14.7. The summed E-state index contributed by atoms with van der Waals surface area (Å²) in [4.78, 5) is 119. The van der Waals surface area contributed by atoms with Gasteiger partial charge < -0.3 is 37.9 Å². The van der Waals surface area contributed by atoms with Gasteiger partial charge in [0.25, 0.3) is 17.3 Å². The first kappa shape index (κ1) is 75.6. The van der Waals surface area contributed by atoms with Crippen molar-refractivity contribution in [3.8, 4) is 11.8 Å². The van der Waals surface area contributed by atoms with Crippen LogP contribution in [0.2, 0.25) is 0 Å². The number of hydrogen-bond acceptors (Lipinski definition) is 22. The van der Waals surface area contributed by atoms with Crippen LogP contribution in [0.4, 0.5) is 50.2 Å². The van der Waals surface area contributed by atoms with Gasteiger partial charge in [0, 0.05) is 39.8 Å². The molecule has 4 aromatic carbocycles. The third-order valence-electron chi connectivity index (χ3n) is 23.6. The first-order chi connectivity index (χ1) is 54.3. The van der Waals surface area contributed by atoms with E-state index < -0.39 is 42.0 Å². The standard InChI is InChI=1S/C32H34N6O5.C31H32N6O5.C19H25N5O4.3H2/c1-5-32-20(4)24(42-31(32)16-17-31)28(43-32)37-18-33-23-25(37)34-29(35-26(39)19(2)3)36-27(23)41-30(40)38(21-12-8-6-9-13-21)22-14-10-7-11-15-22;1-6-31-19(4)24(40-20(31)5)28(42-31)36-17-32-23-25(36)33-29(34-26(38)18(2)3)35-27(23)41-30(39)37(21-13-9-7-10-14-21)22-15-11-8-12-16-22;1-5-19-10(4)12(27-18(19)6-7-18)16(28-19)24-8-20-11-13(24)21-17(23-15(11)26)22-14(25)9(2)3;;;/h6-15,18-20,24,28H,5,16-17H2,1-4H3,(H,34,35,36,39);7-19,24,28H,5-6H2,1-4H3,(H,33,34,35,38);8-10,12,16H,5-7H2,1-4H3,(H2,21,22,23,25,26);3*1H/t20?,24-,28+,32+;19?,24-,28+,31+;10?,12-,16+,19+;;;/m000.../s1. The number of carbonyl (C=O) groups is 5. The van der Waals surface area contributed by atoms with Gasteiger partial charge in [0.1, 0.15) is 40.9 Å². The maximum Gasteiger partial charge on any atom is 0.425 e. The highest BCUT2D eigenvalue weighted by Crippen LogP contribution is 2.69. The van der Waals surface area contributed by atoms with E-state index in [0.29, 0.717) is 51.9 Å². The van der Waals surface area contributed by atoms with Crippen LogP contribution in [0.25, 0.3) is 33.5 Å². The zero-order valence-corrected chi connectivity index (χ0v) is 64.9. The van der Waals surface area contributed by atoms with E-state index in [4.69, 9.17) is 37.9 Å². The van der Waals surface area contributed by atoms with E-state index in [9.17, 15) is 28.8 Å². The third kappa shape index (κ3) is 12.7. The minimum absolute atomic E-state index is 0. The van der Waals surface area contributed by atoms with Crippen LogP contribution in [0.15, 0.2) is 157 Å². The fraction of sp³-hybridized carbons (Fsp3) is 0.439. The number of para-hydroxylation sites is 4. The van der Waals surface area contributed by atoms with Gasteiger partial charge in [-0.25, -0.2) is 34.3 Å². The fourth-order valence-corrected chi connectivity index (χ4v) is 17.2. The Bertz CT molecular complexity index is 5340. The molecule has 2 spiro atoms. The number of nitrogens with one attached hydrogen (secondary N) is 4. The molecule has 113 heavy (non-hydrogen) atoms. The van der Waals surface area contributed by atoms with Crippen molar-refractivity contribution in [2.75, 3.05) is 25.8 Å². The van der Waals surface area contributed by atoms with Crippen LogP contribution >= 0.6 is 0 Å². The van der Waals surface area contributed by atoms with E-state index in [0.717, 1.165) is 38.5 Å². The monoisotopic (exact) mass is 1540 g/mol. The molecular formula is C82H97N17O14. The summed E-state index contributed by atoms with van der Waals surface area (Å²) in [7, 11) is 0. The van der Waals surface area contributed by atoms with Crippen molar-refractivity contribution in [3.63, 3.8) is 0 Å². The number of imidazole rings is 3. The number of aromatic amines is 1. The summed E-state index contributed by atoms with van der Waals surface area (Å²) in [5, 5.41) is 8.12. The lowest BCUT2D eigenvalue weighted by Gasteiger charge is -2.38. The molecule has 6 bridgehead atoms. The molecule has 6 aliphatic heterocycles. The quantitative estimate of drug-likeness (QED) is 0.0620. The van der Waals surface area contributed by atoms with Crippen LogP contribution in [0.5, 0.6) is 11.8 Å². The van der Waals surface area contributed by atoms with Crippen molar-refractivity contribution in [1.29, 1.82) is 0 Å². The number of benzene rings is 4. The Balaban J connectivity index is 0.000000153. The van der Waals surface area contributed by atoms with Gasteiger partial charge in [-0.15, -0.1) is 0 Å². The van der Waals surface area contributed by atoms with Crippen molar-refractivity contribution in [1.82, 2.24) is 58.6 Å². The molecule has 31 nitrogen and oxygen atoms in total. The molecule has 8 fully saturated rings. The number of hydrogen-bond donors (Lipinski definition) is 4. The van der Waals surface area contributed by atoms with Crippen LogP contribution in [-0.4, -0.2) is 135 Å². The molecule has 5 amide bonds. The molecule has 594 valence electrons. The van der Waals surface area contributed by atoms with E-state index in [1.54, 1.807) is 98.5 Å². The molecule has 12 atom stereocenters. The number of ether oxygens (including phenoxy) is 8. The molecule has 6 saturated heterocycles. The first-order valence-corrected chi connectivity index (χ1v) is 38.7. The summed E-state index contributed by atoms with van der Waals surface area (Å²) in [6.45, 7) is 27.4. The number of rotatable bonds is 18. The van der Waals surface area contributed by atoms with Gasteiger partial charge in [-0.2, -0.15) is 24.9 Å². The predicted molar refractivity (Wildman–Crippen MR) is 422 cm³/mol. The molecular weight excluding hydrogens is 1450 g/mol. The number of anilines is 7. The van der Waals surface area contributed by atoms with Crippen LogP contribution in [0.1, 0.15) is 151 Å². The third-order valence-corrected chi connectivity index (χ3v) is 23.6. The van der Waals surface area contributed by atoms with Crippen molar-refractivity contribution >= 4 is 104 Å². The number of nitrogens with zero attached hydrogens (tertiary/aromatic N) is 13. The van der Waals surface area contributed by atoms with Crippen LogP contribution in [0.3, 0.4) is 0 Å². The van der Waals surface area contributed by atoms with E-state index in [2.05, 4.69) is 102 Å². The molecule has 0 radical (unpaired) electrons. The van der Waals surface area contributed by atoms with Gasteiger partial charge in [-0.1, -0.05) is 162 Å². The zero-order chi connectivity index (χ0) is 79.4. The van der Waals surface area contributed by atoms with Crippen LogP contribution in [-0.2, 0) is 42.8 Å². The molecule has 8 aliphatic rings. The van der Waals surface area contributed by atoms with Gasteiger partial charge in [0.2, 0.25) is 35.6 Å².